The molecule has 21 heavy (non-hydrogen) atoms. The first-order valence-corrected chi connectivity index (χ1v) is 7.71. The van der Waals surface area contributed by atoms with Crippen LogP contribution in [0.2, 0.25) is 10.0 Å². The van der Waals surface area contributed by atoms with Crippen LogP contribution in [0, 0.1) is 0 Å². The second kappa shape index (κ2) is 7.17. The highest BCUT2D eigenvalue weighted by Gasteiger charge is 2.13. The molecule has 0 amide bonds. The average molecular weight is 323 g/mol. The molecule has 2 N–H and O–H groups in total. The quantitative estimate of drug-likeness (QED) is 0.876. The molecule has 0 aliphatic carbocycles. The van der Waals surface area contributed by atoms with Crippen molar-refractivity contribution in [1.82, 2.24) is 0 Å². The molecule has 0 aromatic heterocycles. The summed E-state index contributed by atoms with van der Waals surface area (Å²) in [7, 11) is 2.04. The van der Waals surface area contributed by atoms with Gasteiger partial charge in [0.25, 0.3) is 0 Å². The molecule has 4 heteroatoms. The van der Waals surface area contributed by atoms with Gasteiger partial charge in [-0.2, -0.15) is 0 Å². The van der Waals surface area contributed by atoms with Crippen LogP contribution in [0.5, 0.6) is 0 Å². The molecule has 0 saturated carbocycles. The van der Waals surface area contributed by atoms with Gasteiger partial charge in [-0.3, -0.25) is 0 Å². The SMILES string of the molecule is CC(N)Cc1cccc(Cl)c1N(C)Cc1ccc(Cl)cc1. The van der Waals surface area contributed by atoms with E-state index in [9.17, 15) is 0 Å². The standard InChI is InChI=1S/C17H20Cl2N2/c1-12(20)10-14-4-3-5-16(19)17(14)21(2)11-13-6-8-15(18)9-7-13/h3-9,12H,10-11,20H2,1-2H3. The number of benzene rings is 2. The summed E-state index contributed by atoms with van der Waals surface area (Å²) in [4.78, 5) is 2.16. The van der Waals surface area contributed by atoms with Gasteiger partial charge in [0.1, 0.15) is 0 Å². The number of hydrogen-bond acceptors (Lipinski definition) is 2. The van der Waals surface area contributed by atoms with Crippen molar-refractivity contribution >= 4 is 28.9 Å². The third kappa shape index (κ3) is 4.37. The Hall–Kier alpha value is -1.22. The van der Waals surface area contributed by atoms with Gasteiger partial charge in [-0.05, 0) is 42.7 Å². The van der Waals surface area contributed by atoms with Crippen molar-refractivity contribution in [3.05, 3.63) is 63.6 Å². The van der Waals surface area contributed by atoms with E-state index in [4.69, 9.17) is 28.9 Å². The summed E-state index contributed by atoms with van der Waals surface area (Å²) in [5, 5.41) is 1.50. The smallest absolute Gasteiger partial charge is 0.0642 e. The summed E-state index contributed by atoms with van der Waals surface area (Å²) in [6.07, 6.45) is 0.806. The summed E-state index contributed by atoms with van der Waals surface area (Å²) in [5.41, 5.74) is 9.35. The van der Waals surface area contributed by atoms with Crippen LogP contribution < -0.4 is 10.6 Å². The zero-order chi connectivity index (χ0) is 15.4. The normalized spacial score (nSPS) is 12.2. The number of nitrogens with two attached hydrogens (primary N) is 1. The topological polar surface area (TPSA) is 29.3 Å². The second-order valence-corrected chi connectivity index (χ2v) is 6.26. The molecule has 2 rings (SSSR count). The second-order valence-electron chi connectivity index (χ2n) is 5.41. The molecule has 1 unspecified atom stereocenters. The first-order chi connectivity index (χ1) is 9.97. The third-order valence-electron chi connectivity index (χ3n) is 3.33. The molecule has 0 bridgehead atoms. The minimum atomic E-state index is 0.103. The maximum atomic E-state index is 6.40. The van der Waals surface area contributed by atoms with E-state index < -0.39 is 0 Å². The van der Waals surface area contributed by atoms with Gasteiger partial charge in [-0.25, -0.2) is 0 Å². The fourth-order valence-corrected chi connectivity index (χ4v) is 2.91. The zero-order valence-electron chi connectivity index (χ0n) is 12.3. The maximum Gasteiger partial charge on any atom is 0.0642 e. The molecule has 2 aromatic carbocycles. The molecule has 0 spiro atoms. The van der Waals surface area contributed by atoms with Crippen LogP contribution >= 0.6 is 23.2 Å². The highest BCUT2D eigenvalue weighted by atomic mass is 35.5. The van der Waals surface area contributed by atoms with Crippen molar-refractivity contribution in [3.63, 3.8) is 0 Å². The van der Waals surface area contributed by atoms with Gasteiger partial charge < -0.3 is 10.6 Å². The highest BCUT2D eigenvalue weighted by Crippen LogP contribution is 2.31. The van der Waals surface area contributed by atoms with E-state index in [0.29, 0.717) is 0 Å². The van der Waals surface area contributed by atoms with Crippen LogP contribution in [0.25, 0.3) is 0 Å². The minimum absolute atomic E-state index is 0.103. The van der Waals surface area contributed by atoms with Crippen molar-refractivity contribution < 1.29 is 0 Å². The fraction of sp³-hybridized carbons (Fsp3) is 0.294. The van der Waals surface area contributed by atoms with Crippen molar-refractivity contribution in [1.29, 1.82) is 0 Å². The highest BCUT2D eigenvalue weighted by molar-refractivity contribution is 6.33. The van der Waals surface area contributed by atoms with E-state index in [-0.39, 0.29) is 6.04 Å². The predicted octanol–water partition coefficient (Wildman–Crippen LogP) is 4.52. The molecule has 1 atom stereocenters. The number of para-hydroxylation sites is 1. The molecule has 112 valence electrons. The lowest BCUT2D eigenvalue weighted by Gasteiger charge is -2.24. The molecular formula is C17H20Cl2N2. The molecular weight excluding hydrogens is 303 g/mol. The molecule has 0 saturated heterocycles. The van der Waals surface area contributed by atoms with Gasteiger partial charge in [0.2, 0.25) is 0 Å². The van der Waals surface area contributed by atoms with Crippen LogP contribution in [-0.2, 0) is 13.0 Å². The van der Waals surface area contributed by atoms with E-state index in [0.717, 1.165) is 28.7 Å². The van der Waals surface area contributed by atoms with Crippen LogP contribution in [0.4, 0.5) is 5.69 Å². The Morgan fingerprint density at radius 3 is 2.38 bits per heavy atom. The lowest BCUT2D eigenvalue weighted by atomic mass is 10.0. The first-order valence-electron chi connectivity index (χ1n) is 6.96. The van der Waals surface area contributed by atoms with Crippen LogP contribution in [0.3, 0.4) is 0 Å². The first kappa shape index (κ1) is 16.2. The van der Waals surface area contributed by atoms with Gasteiger partial charge in [0.15, 0.2) is 0 Å². The summed E-state index contributed by atoms with van der Waals surface area (Å²) in [5.74, 6) is 0. The van der Waals surface area contributed by atoms with Gasteiger partial charge in [0.05, 0.1) is 10.7 Å². The number of hydrogen-bond donors (Lipinski definition) is 1. The lowest BCUT2D eigenvalue weighted by molar-refractivity contribution is 0.734. The number of nitrogens with zero attached hydrogens (tertiary/aromatic N) is 1. The maximum absolute atomic E-state index is 6.40. The Bertz CT molecular complexity index is 594. The van der Waals surface area contributed by atoms with Crippen molar-refractivity contribution in [2.45, 2.75) is 25.9 Å². The Labute approximate surface area is 136 Å². The van der Waals surface area contributed by atoms with Crippen LogP contribution in [0.15, 0.2) is 42.5 Å². The van der Waals surface area contributed by atoms with E-state index in [2.05, 4.69) is 11.0 Å². The summed E-state index contributed by atoms with van der Waals surface area (Å²) in [6, 6.07) is 13.9. The van der Waals surface area contributed by atoms with Crippen molar-refractivity contribution in [2.24, 2.45) is 5.73 Å². The minimum Gasteiger partial charge on any atom is -0.369 e. The fourth-order valence-electron chi connectivity index (χ4n) is 2.44. The zero-order valence-corrected chi connectivity index (χ0v) is 13.8. The summed E-state index contributed by atoms with van der Waals surface area (Å²) < 4.78 is 0. The van der Waals surface area contributed by atoms with Gasteiger partial charge in [-0.15, -0.1) is 0 Å². The monoisotopic (exact) mass is 322 g/mol. The largest absolute Gasteiger partial charge is 0.369 e. The Morgan fingerprint density at radius 1 is 1.10 bits per heavy atom. The van der Waals surface area contributed by atoms with Crippen molar-refractivity contribution in [3.8, 4) is 0 Å². The molecule has 0 aliphatic heterocycles. The van der Waals surface area contributed by atoms with E-state index in [1.807, 2.05) is 50.4 Å². The van der Waals surface area contributed by atoms with E-state index in [1.165, 1.54) is 11.1 Å². The van der Waals surface area contributed by atoms with Crippen molar-refractivity contribution in [2.75, 3.05) is 11.9 Å². The van der Waals surface area contributed by atoms with E-state index >= 15 is 0 Å². The Morgan fingerprint density at radius 2 is 1.76 bits per heavy atom. The number of rotatable bonds is 5. The predicted molar refractivity (Wildman–Crippen MR) is 92.4 cm³/mol. The number of anilines is 1. The molecule has 2 aromatic rings. The summed E-state index contributed by atoms with van der Waals surface area (Å²) in [6.45, 7) is 2.77. The van der Waals surface area contributed by atoms with Gasteiger partial charge in [0, 0.05) is 24.7 Å². The molecule has 0 radical (unpaired) electrons. The summed E-state index contributed by atoms with van der Waals surface area (Å²) >= 11 is 12.3. The van der Waals surface area contributed by atoms with Crippen LogP contribution in [-0.4, -0.2) is 13.1 Å². The van der Waals surface area contributed by atoms with Gasteiger partial charge in [-0.1, -0.05) is 47.5 Å². The molecule has 0 fully saturated rings. The van der Waals surface area contributed by atoms with Crippen LogP contribution in [0.1, 0.15) is 18.1 Å². The lowest BCUT2D eigenvalue weighted by Crippen LogP contribution is -2.22. The molecule has 0 heterocycles. The number of halogens is 2. The van der Waals surface area contributed by atoms with Gasteiger partial charge >= 0.3 is 0 Å². The molecule has 0 aliphatic rings. The average Bonchev–Trinajstić information content (AvgIpc) is 2.40. The third-order valence-corrected chi connectivity index (χ3v) is 3.88. The van der Waals surface area contributed by atoms with E-state index in [1.54, 1.807) is 0 Å². The Kier molecular flexibility index (Phi) is 5.51. The molecule has 2 nitrogen and oxygen atoms in total. The Balaban J connectivity index is 2.25.